The van der Waals surface area contributed by atoms with Crippen LogP contribution in [0.4, 0.5) is 0 Å². The number of nitrogens with one attached hydrogen (secondary N) is 1. The number of benzene rings is 1. The number of thiophene rings is 1. The highest BCUT2D eigenvalue weighted by Crippen LogP contribution is 2.30. The molecule has 5 rings (SSSR count). The fraction of sp³-hybridized carbons (Fsp3) is 0.310. The quantitative estimate of drug-likeness (QED) is 0.190. The predicted molar refractivity (Wildman–Crippen MR) is 158 cm³/mol. The molecule has 3 heterocycles. The van der Waals surface area contributed by atoms with E-state index in [1.165, 1.54) is 34.6 Å². The minimum absolute atomic E-state index is 0.0401. The molecule has 0 radical (unpaired) electrons. The number of nitrogens with zero attached hydrogens (tertiary/aromatic N) is 2. The Morgan fingerprint density at radius 1 is 1.16 bits per heavy atom. The van der Waals surface area contributed by atoms with Gasteiger partial charge in [0.2, 0.25) is 0 Å². The molecule has 0 spiro atoms. The Morgan fingerprint density at radius 2 is 2.00 bits per heavy atom. The molecule has 3 aromatic heterocycles. The number of ether oxygens (including phenoxy) is 1. The second kappa shape index (κ2) is 12.5. The van der Waals surface area contributed by atoms with E-state index in [0.717, 1.165) is 41.4 Å². The molecule has 0 saturated carbocycles. The molecule has 1 aliphatic carbocycles. The first-order valence-corrected chi connectivity index (χ1v) is 15.2. The molecule has 9 heteroatoms. The van der Waals surface area contributed by atoms with Crippen LogP contribution < -0.4 is 10.1 Å². The average molecular weight is 587 g/mol. The molecule has 0 aliphatic heterocycles. The minimum Gasteiger partial charge on any atom is -0.486 e. The number of halogens is 2. The number of carbonyl (C=O) groups is 1. The molecule has 0 unspecified atom stereocenters. The van der Waals surface area contributed by atoms with Crippen molar-refractivity contribution in [1.82, 2.24) is 14.9 Å². The van der Waals surface area contributed by atoms with Gasteiger partial charge >= 0.3 is 0 Å². The summed E-state index contributed by atoms with van der Waals surface area (Å²) in [7, 11) is 0. The molecular formula is C29H29Cl2N3O2S2. The third-order valence-electron chi connectivity index (χ3n) is 6.63. The Hall–Kier alpha value is -2.58. The van der Waals surface area contributed by atoms with Crippen molar-refractivity contribution in [3.63, 3.8) is 0 Å². The van der Waals surface area contributed by atoms with Crippen LogP contribution >= 0.6 is 45.9 Å². The van der Waals surface area contributed by atoms with Crippen molar-refractivity contribution >= 4 is 51.8 Å². The van der Waals surface area contributed by atoms with Crippen LogP contribution in [-0.4, -0.2) is 22.0 Å². The van der Waals surface area contributed by atoms with E-state index in [1.807, 2.05) is 24.4 Å². The molecular weight excluding hydrogens is 557 g/mol. The number of allylic oxidation sites excluding steroid dienone is 1. The summed E-state index contributed by atoms with van der Waals surface area (Å²) in [6.45, 7) is 3.65. The topological polar surface area (TPSA) is 56.1 Å². The predicted octanol–water partition coefficient (Wildman–Crippen LogP) is 8.54. The Kier molecular flexibility index (Phi) is 8.89. The molecule has 0 fully saturated rings. The van der Waals surface area contributed by atoms with Gasteiger partial charge in [-0.15, -0.1) is 22.7 Å². The number of rotatable bonds is 10. The minimum atomic E-state index is -0.0401. The van der Waals surface area contributed by atoms with Gasteiger partial charge in [-0.25, -0.2) is 4.98 Å². The summed E-state index contributed by atoms with van der Waals surface area (Å²) < 4.78 is 8.07. The number of aromatic nitrogens is 2. The summed E-state index contributed by atoms with van der Waals surface area (Å²) in [5, 5.41) is 9.10. The van der Waals surface area contributed by atoms with E-state index in [2.05, 4.69) is 27.4 Å². The summed E-state index contributed by atoms with van der Waals surface area (Å²) in [6.07, 6.45) is 8.08. The number of thiazole rings is 1. The van der Waals surface area contributed by atoms with Crippen LogP contribution in [0.3, 0.4) is 0 Å². The van der Waals surface area contributed by atoms with E-state index in [1.54, 1.807) is 29.5 Å². The zero-order chi connectivity index (χ0) is 26.5. The zero-order valence-corrected chi connectivity index (χ0v) is 24.3. The van der Waals surface area contributed by atoms with Crippen LogP contribution in [0, 0.1) is 6.92 Å². The lowest BCUT2D eigenvalue weighted by atomic mass is 9.97. The third kappa shape index (κ3) is 6.70. The maximum atomic E-state index is 13.2. The van der Waals surface area contributed by atoms with Crippen molar-refractivity contribution in [1.29, 1.82) is 0 Å². The summed E-state index contributed by atoms with van der Waals surface area (Å²) in [4.78, 5) is 19.3. The van der Waals surface area contributed by atoms with Gasteiger partial charge in [-0.2, -0.15) is 0 Å². The molecule has 1 amide bonds. The summed E-state index contributed by atoms with van der Waals surface area (Å²) >= 11 is 15.4. The zero-order valence-electron chi connectivity index (χ0n) is 21.1. The van der Waals surface area contributed by atoms with Gasteiger partial charge in [0.15, 0.2) is 0 Å². The average Bonchev–Trinajstić information content (AvgIpc) is 3.65. The summed E-state index contributed by atoms with van der Waals surface area (Å²) in [5.74, 6) is 0.556. The second-order valence-electron chi connectivity index (χ2n) is 9.33. The van der Waals surface area contributed by atoms with Crippen LogP contribution in [0.2, 0.25) is 10.0 Å². The summed E-state index contributed by atoms with van der Waals surface area (Å²) in [6, 6.07) is 11.3. The lowest BCUT2D eigenvalue weighted by molar-refractivity contribution is 0.0953. The van der Waals surface area contributed by atoms with Crippen molar-refractivity contribution in [2.24, 2.45) is 0 Å². The first-order chi connectivity index (χ1) is 18.5. The third-order valence-corrected chi connectivity index (χ3v) is 8.75. The lowest BCUT2D eigenvalue weighted by Crippen LogP contribution is -2.25. The Labute approximate surface area is 241 Å². The van der Waals surface area contributed by atoms with E-state index < -0.39 is 0 Å². The van der Waals surface area contributed by atoms with Gasteiger partial charge < -0.3 is 14.6 Å². The van der Waals surface area contributed by atoms with Gasteiger partial charge in [-0.05, 0) is 74.7 Å². The Balaban J connectivity index is 1.34. The van der Waals surface area contributed by atoms with E-state index in [-0.39, 0.29) is 5.91 Å². The van der Waals surface area contributed by atoms with Gasteiger partial charge in [-0.3, -0.25) is 4.79 Å². The van der Waals surface area contributed by atoms with Crippen molar-refractivity contribution in [3.05, 3.63) is 90.0 Å². The van der Waals surface area contributed by atoms with Crippen LogP contribution in [0.15, 0.2) is 58.8 Å². The lowest BCUT2D eigenvalue weighted by Gasteiger charge is -2.13. The van der Waals surface area contributed by atoms with Crippen LogP contribution in [0.25, 0.3) is 11.4 Å². The molecule has 198 valence electrons. The van der Waals surface area contributed by atoms with Gasteiger partial charge in [0, 0.05) is 32.5 Å². The van der Waals surface area contributed by atoms with Crippen LogP contribution in [-0.2, 0) is 13.2 Å². The first kappa shape index (κ1) is 27.0. The van der Waals surface area contributed by atoms with E-state index in [9.17, 15) is 4.79 Å². The van der Waals surface area contributed by atoms with Gasteiger partial charge in [0.1, 0.15) is 17.4 Å². The normalized spacial score (nSPS) is 13.4. The Bertz CT molecular complexity index is 1420. The summed E-state index contributed by atoms with van der Waals surface area (Å²) in [5.41, 5.74) is 4.82. The van der Waals surface area contributed by atoms with E-state index in [0.29, 0.717) is 41.1 Å². The molecule has 38 heavy (non-hydrogen) atoms. The fourth-order valence-electron chi connectivity index (χ4n) is 4.66. The largest absolute Gasteiger partial charge is 0.486 e. The van der Waals surface area contributed by atoms with Gasteiger partial charge in [0.05, 0.1) is 23.5 Å². The Morgan fingerprint density at radius 3 is 2.74 bits per heavy atom. The second-order valence-corrected chi connectivity index (χ2v) is 12.2. The molecule has 0 saturated heterocycles. The molecule has 0 atom stereocenters. The van der Waals surface area contributed by atoms with Crippen molar-refractivity contribution < 1.29 is 9.53 Å². The molecule has 1 aromatic carbocycles. The first-order valence-electron chi connectivity index (χ1n) is 12.7. The molecule has 5 nitrogen and oxygen atoms in total. The van der Waals surface area contributed by atoms with Crippen molar-refractivity contribution in [2.45, 2.75) is 52.2 Å². The number of hydrogen-bond acceptors (Lipinski definition) is 5. The smallest absolute Gasteiger partial charge is 0.253 e. The van der Waals surface area contributed by atoms with E-state index in [4.69, 9.17) is 32.9 Å². The maximum Gasteiger partial charge on any atom is 0.253 e. The maximum absolute atomic E-state index is 13.2. The SMILES string of the molecule is Cc1c(C(=O)NCCC2=CCCCC2)cc(-c2csc(COc3cc(Cl)cc(Cl)c3)n2)n1Cc1cccs1. The highest BCUT2D eigenvalue weighted by molar-refractivity contribution is 7.10. The highest BCUT2D eigenvalue weighted by Gasteiger charge is 2.21. The number of amides is 1. The fourth-order valence-corrected chi connectivity index (χ4v) is 6.56. The van der Waals surface area contributed by atoms with E-state index >= 15 is 0 Å². The van der Waals surface area contributed by atoms with Crippen molar-refractivity contribution in [3.8, 4) is 17.1 Å². The number of carbonyl (C=O) groups excluding carboxylic acids is 1. The molecule has 0 bridgehead atoms. The molecule has 1 N–H and O–H groups in total. The van der Waals surface area contributed by atoms with Crippen molar-refractivity contribution in [2.75, 3.05) is 6.54 Å². The number of hydrogen-bond donors (Lipinski definition) is 1. The highest BCUT2D eigenvalue weighted by atomic mass is 35.5. The standard InChI is InChI=1S/C29H29Cl2N3O2S2/c1-19-25(29(35)32-10-9-20-6-3-2-4-7-20)15-27(34(19)16-24-8-5-11-37-24)26-18-38-28(33-26)17-36-23-13-21(30)12-22(31)14-23/h5-6,8,11-15,18H,2-4,7,9-10,16-17H2,1H3,(H,32,35). The molecule has 1 aliphatic rings. The van der Waals surface area contributed by atoms with Crippen LogP contribution in [0.5, 0.6) is 5.75 Å². The monoisotopic (exact) mass is 585 g/mol. The molecule has 4 aromatic rings. The van der Waals surface area contributed by atoms with Crippen LogP contribution in [0.1, 0.15) is 58.0 Å². The van der Waals surface area contributed by atoms with Gasteiger partial charge in [-0.1, -0.05) is 40.9 Å². The van der Waals surface area contributed by atoms with Gasteiger partial charge in [0.25, 0.3) is 5.91 Å².